The molecule has 1 saturated carbocycles. The Morgan fingerprint density at radius 3 is 2.84 bits per heavy atom. The van der Waals surface area contributed by atoms with Crippen LogP contribution in [0.4, 0.5) is 5.82 Å². The number of piperidine rings is 1. The van der Waals surface area contributed by atoms with Crippen LogP contribution in [-0.4, -0.2) is 42.0 Å². The number of likely N-dealkylation sites (tertiary alicyclic amines) is 1. The van der Waals surface area contributed by atoms with Gasteiger partial charge in [-0.05, 0) is 63.5 Å². The van der Waals surface area contributed by atoms with Gasteiger partial charge in [0.1, 0.15) is 11.9 Å². The van der Waals surface area contributed by atoms with E-state index in [1.165, 1.54) is 12.8 Å². The van der Waals surface area contributed by atoms with E-state index in [0.29, 0.717) is 18.0 Å². The van der Waals surface area contributed by atoms with Crippen LogP contribution in [0.1, 0.15) is 48.9 Å². The molecule has 2 aliphatic heterocycles. The van der Waals surface area contributed by atoms with E-state index in [1.54, 1.807) is 0 Å². The average Bonchev–Trinajstić information content (AvgIpc) is 3.29. The summed E-state index contributed by atoms with van der Waals surface area (Å²) in [6, 6.07) is 4.27. The highest BCUT2D eigenvalue weighted by Gasteiger charge is 2.49. The molecule has 3 aliphatic rings. The average molecular weight is 338 g/mol. The van der Waals surface area contributed by atoms with Crippen LogP contribution in [0.25, 0.3) is 0 Å². The molecule has 5 heteroatoms. The van der Waals surface area contributed by atoms with E-state index in [1.807, 2.05) is 19.9 Å². The normalized spacial score (nSPS) is 26.4. The molecule has 1 aromatic heterocycles. The topological polar surface area (TPSA) is 60.2 Å². The maximum absolute atomic E-state index is 13.2. The molecule has 132 valence electrons. The zero-order chi connectivity index (χ0) is 17.6. The first-order valence-corrected chi connectivity index (χ1v) is 9.45. The fourth-order valence-corrected chi connectivity index (χ4v) is 4.55. The van der Waals surface area contributed by atoms with E-state index in [4.69, 9.17) is 0 Å². The van der Waals surface area contributed by atoms with E-state index in [0.717, 1.165) is 61.9 Å². The van der Waals surface area contributed by atoms with Gasteiger partial charge < -0.3 is 9.80 Å². The summed E-state index contributed by atoms with van der Waals surface area (Å²) in [6.45, 7) is 7.32. The Hall–Kier alpha value is -2.09. The molecule has 1 amide bonds. The van der Waals surface area contributed by atoms with Crippen LogP contribution in [0.15, 0.2) is 6.07 Å². The van der Waals surface area contributed by atoms with Gasteiger partial charge in [-0.3, -0.25) is 4.79 Å². The summed E-state index contributed by atoms with van der Waals surface area (Å²) in [5.74, 6) is 1.85. The fourth-order valence-electron chi connectivity index (χ4n) is 4.55. The molecule has 1 spiro atoms. The number of aromatic nitrogens is 1. The van der Waals surface area contributed by atoms with Gasteiger partial charge in [-0.2, -0.15) is 5.26 Å². The summed E-state index contributed by atoms with van der Waals surface area (Å²) in [5, 5.41) is 9.56. The van der Waals surface area contributed by atoms with Crippen molar-refractivity contribution in [2.75, 3.05) is 31.1 Å². The van der Waals surface area contributed by atoms with Crippen LogP contribution in [0.5, 0.6) is 0 Å². The number of hydrogen-bond donors (Lipinski definition) is 0. The molecule has 0 unspecified atom stereocenters. The summed E-state index contributed by atoms with van der Waals surface area (Å²) in [4.78, 5) is 22.1. The highest BCUT2D eigenvalue weighted by molar-refractivity contribution is 5.85. The Kier molecular flexibility index (Phi) is 3.94. The lowest BCUT2D eigenvalue weighted by Gasteiger charge is -2.39. The van der Waals surface area contributed by atoms with Gasteiger partial charge in [0.05, 0.1) is 11.0 Å². The molecular formula is C20H26N4O. The first-order chi connectivity index (χ1) is 12.0. The third kappa shape index (κ3) is 2.88. The highest BCUT2D eigenvalue weighted by atomic mass is 16.2. The van der Waals surface area contributed by atoms with Crippen LogP contribution in [0.3, 0.4) is 0 Å². The maximum atomic E-state index is 13.2. The third-order valence-electron chi connectivity index (χ3n) is 6.09. The standard InChI is InChI=1S/C20H26N4O/c1-14-10-15(2)22-18(17(14)11-21)24-9-7-20(13-24)6-3-8-23(19(20)25)12-16-4-5-16/h10,16H,3-9,12-13H2,1-2H3/t20-/m1/s1. The minimum atomic E-state index is -0.265. The van der Waals surface area contributed by atoms with Crippen molar-refractivity contribution < 1.29 is 4.79 Å². The molecule has 0 N–H and O–H groups in total. The first-order valence-electron chi connectivity index (χ1n) is 9.45. The number of carbonyl (C=O) groups is 1. The molecule has 3 fully saturated rings. The molecule has 1 aromatic rings. The van der Waals surface area contributed by atoms with Crippen molar-refractivity contribution in [3.63, 3.8) is 0 Å². The van der Waals surface area contributed by atoms with Gasteiger partial charge in [0.25, 0.3) is 0 Å². The van der Waals surface area contributed by atoms with Gasteiger partial charge in [0.2, 0.25) is 5.91 Å². The summed E-state index contributed by atoms with van der Waals surface area (Å²) < 4.78 is 0. The maximum Gasteiger partial charge on any atom is 0.230 e. The number of aryl methyl sites for hydroxylation is 2. The lowest BCUT2D eigenvalue weighted by Crippen LogP contribution is -2.50. The van der Waals surface area contributed by atoms with Crippen molar-refractivity contribution in [2.24, 2.45) is 11.3 Å². The SMILES string of the molecule is Cc1cc(C)c(C#N)c(N2CC[C@]3(CCCN(CC4CC4)C3=O)C2)n1. The Labute approximate surface area is 149 Å². The number of pyridine rings is 1. The molecule has 4 rings (SSSR count). The van der Waals surface area contributed by atoms with Gasteiger partial charge in [-0.15, -0.1) is 0 Å². The van der Waals surface area contributed by atoms with E-state index >= 15 is 0 Å². The van der Waals surface area contributed by atoms with Crippen molar-refractivity contribution in [1.82, 2.24) is 9.88 Å². The highest BCUT2D eigenvalue weighted by Crippen LogP contribution is 2.43. The van der Waals surface area contributed by atoms with Crippen LogP contribution < -0.4 is 4.90 Å². The van der Waals surface area contributed by atoms with Gasteiger partial charge in [0.15, 0.2) is 0 Å². The summed E-state index contributed by atoms with van der Waals surface area (Å²) >= 11 is 0. The number of nitrogens with zero attached hydrogens (tertiary/aromatic N) is 4. The molecular weight excluding hydrogens is 312 g/mol. The van der Waals surface area contributed by atoms with E-state index in [9.17, 15) is 10.1 Å². The monoisotopic (exact) mass is 338 g/mol. The number of nitriles is 1. The molecule has 1 aliphatic carbocycles. The molecule has 5 nitrogen and oxygen atoms in total. The van der Waals surface area contributed by atoms with E-state index in [-0.39, 0.29) is 5.41 Å². The minimum Gasteiger partial charge on any atom is -0.354 e. The molecule has 3 heterocycles. The Morgan fingerprint density at radius 2 is 2.12 bits per heavy atom. The van der Waals surface area contributed by atoms with Crippen LogP contribution >= 0.6 is 0 Å². The summed E-state index contributed by atoms with van der Waals surface area (Å²) in [6.07, 6.45) is 5.50. The third-order valence-corrected chi connectivity index (χ3v) is 6.09. The second kappa shape index (κ2) is 6.01. The van der Waals surface area contributed by atoms with Crippen molar-refractivity contribution in [3.05, 3.63) is 22.9 Å². The lowest BCUT2D eigenvalue weighted by molar-refractivity contribution is -0.145. The van der Waals surface area contributed by atoms with Crippen LogP contribution in [0, 0.1) is 36.5 Å². The van der Waals surface area contributed by atoms with Crippen molar-refractivity contribution in [1.29, 1.82) is 5.26 Å². The summed E-state index contributed by atoms with van der Waals surface area (Å²) in [5.41, 5.74) is 2.29. The number of carbonyl (C=O) groups excluding carboxylic acids is 1. The molecule has 25 heavy (non-hydrogen) atoms. The Morgan fingerprint density at radius 1 is 1.32 bits per heavy atom. The fraction of sp³-hybridized carbons (Fsp3) is 0.650. The largest absolute Gasteiger partial charge is 0.354 e. The zero-order valence-corrected chi connectivity index (χ0v) is 15.2. The van der Waals surface area contributed by atoms with Gasteiger partial charge >= 0.3 is 0 Å². The van der Waals surface area contributed by atoms with Crippen LogP contribution in [-0.2, 0) is 4.79 Å². The second-order valence-corrected chi connectivity index (χ2v) is 8.14. The predicted octanol–water partition coefficient (Wildman–Crippen LogP) is 2.80. The molecule has 0 aromatic carbocycles. The number of hydrogen-bond acceptors (Lipinski definition) is 4. The molecule has 0 radical (unpaired) electrons. The molecule has 0 bridgehead atoms. The van der Waals surface area contributed by atoms with Gasteiger partial charge in [-0.25, -0.2) is 4.98 Å². The smallest absolute Gasteiger partial charge is 0.230 e. The first kappa shape index (κ1) is 16.4. The summed E-state index contributed by atoms with van der Waals surface area (Å²) in [7, 11) is 0. The number of amides is 1. The molecule has 2 saturated heterocycles. The Bertz CT molecular complexity index is 749. The Balaban J connectivity index is 1.58. The quantitative estimate of drug-likeness (QED) is 0.850. The molecule has 1 atom stereocenters. The number of rotatable bonds is 3. The lowest BCUT2D eigenvalue weighted by atomic mass is 9.78. The van der Waals surface area contributed by atoms with Crippen LogP contribution in [0.2, 0.25) is 0 Å². The van der Waals surface area contributed by atoms with E-state index in [2.05, 4.69) is 20.9 Å². The van der Waals surface area contributed by atoms with Gasteiger partial charge in [-0.1, -0.05) is 0 Å². The van der Waals surface area contributed by atoms with Gasteiger partial charge in [0, 0.05) is 31.9 Å². The minimum absolute atomic E-state index is 0.265. The van der Waals surface area contributed by atoms with Crippen molar-refractivity contribution >= 4 is 11.7 Å². The van der Waals surface area contributed by atoms with Crippen molar-refractivity contribution in [3.8, 4) is 6.07 Å². The zero-order valence-electron chi connectivity index (χ0n) is 15.2. The van der Waals surface area contributed by atoms with E-state index < -0.39 is 0 Å². The second-order valence-electron chi connectivity index (χ2n) is 8.14. The number of anilines is 1. The van der Waals surface area contributed by atoms with Crippen molar-refractivity contribution in [2.45, 2.75) is 46.0 Å². The predicted molar refractivity (Wildman–Crippen MR) is 96.2 cm³/mol.